The molecule has 5 heteroatoms. The van der Waals surface area contributed by atoms with Crippen LogP contribution >= 0.6 is 0 Å². The Balaban J connectivity index is 2.75. The molecular formula is C12H22N2O3. The molecule has 1 rings (SSSR count). The number of carbonyl (C=O) groups excluding carboxylic acids is 1. The van der Waals surface area contributed by atoms with Gasteiger partial charge in [-0.05, 0) is 33.1 Å². The summed E-state index contributed by atoms with van der Waals surface area (Å²) in [5.41, 5.74) is 4.05. The van der Waals surface area contributed by atoms with Gasteiger partial charge in [0.15, 0.2) is 0 Å². The molecule has 0 bridgehead atoms. The van der Waals surface area contributed by atoms with Crippen LogP contribution in [0.2, 0.25) is 0 Å². The van der Waals surface area contributed by atoms with E-state index < -0.39 is 16.9 Å². The number of rotatable bonds is 4. The van der Waals surface area contributed by atoms with Crippen molar-refractivity contribution < 1.29 is 14.7 Å². The van der Waals surface area contributed by atoms with E-state index in [9.17, 15) is 14.7 Å². The Labute approximate surface area is 102 Å². The highest BCUT2D eigenvalue weighted by Gasteiger charge is 2.46. The molecule has 0 aromatic carbocycles. The standard InChI is InChI=1S/C12H22N2O3/c1-4-12(3,13)9(15)14-8-6-5-7-11(8,2)10(16)17/h8H,4-7,13H2,1-3H3,(H,14,15)(H,16,17). The maximum atomic E-state index is 11.9. The Hall–Kier alpha value is -1.10. The summed E-state index contributed by atoms with van der Waals surface area (Å²) in [6.07, 6.45) is 2.64. The Kier molecular flexibility index (Phi) is 3.81. The van der Waals surface area contributed by atoms with Crippen LogP contribution in [-0.2, 0) is 9.59 Å². The van der Waals surface area contributed by atoms with Crippen LogP contribution in [0, 0.1) is 5.41 Å². The number of nitrogens with two attached hydrogens (primary N) is 1. The van der Waals surface area contributed by atoms with Crippen molar-refractivity contribution in [1.29, 1.82) is 0 Å². The molecule has 0 radical (unpaired) electrons. The third-order valence-corrected chi connectivity index (χ3v) is 4.01. The zero-order chi connectivity index (χ0) is 13.3. The summed E-state index contributed by atoms with van der Waals surface area (Å²) in [4.78, 5) is 23.2. The molecule has 4 N–H and O–H groups in total. The van der Waals surface area contributed by atoms with Crippen LogP contribution in [0.4, 0.5) is 0 Å². The molecule has 17 heavy (non-hydrogen) atoms. The summed E-state index contributed by atoms with van der Waals surface area (Å²) in [6.45, 7) is 5.19. The molecule has 0 saturated heterocycles. The first-order chi connectivity index (χ1) is 7.74. The fourth-order valence-corrected chi connectivity index (χ4v) is 2.14. The van der Waals surface area contributed by atoms with E-state index >= 15 is 0 Å². The molecule has 0 aromatic heterocycles. The van der Waals surface area contributed by atoms with Crippen LogP contribution in [0.1, 0.15) is 46.5 Å². The number of amides is 1. The normalized spacial score (nSPS) is 31.9. The van der Waals surface area contributed by atoms with Gasteiger partial charge in [0.05, 0.1) is 11.0 Å². The minimum Gasteiger partial charge on any atom is -0.481 e. The molecule has 1 amide bonds. The van der Waals surface area contributed by atoms with Gasteiger partial charge in [0, 0.05) is 6.04 Å². The van der Waals surface area contributed by atoms with E-state index in [1.54, 1.807) is 13.8 Å². The van der Waals surface area contributed by atoms with Gasteiger partial charge in [0.25, 0.3) is 0 Å². The number of carboxylic acids is 1. The summed E-state index contributed by atoms with van der Waals surface area (Å²) in [6, 6.07) is -0.318. The van der Waals surface area contributed by atoms with Crippen molar-refractivity contribution in [2.24, 2.45) is 11.1 Å². The van der Waals surface area contributed by atoms with Crippen LogP contribution in [0.15, 0.2) is 0 Å². The summed E-state index contributed by atoms with van der Waals surface area (Å²) >= 11 is 0. The van der Waals surface area contributed by atoms with Crippen LogP contribution in [0.25, 0.3) is 0 Å². The topological polar surface area (TPSA) is 92.4 Å². The molecular weight excluding hydrogens is 220 g/mol. The van der Waals surface area contributed by atoms with Gasteiger partial charge < -0.3 is 16.2 Å². The maximum Gasteiger partial charge on any atom is 0.311 e. The van der Waals surface area contributed by atoms with Crippen molar-refractivity contribution in [1.82, 2.24) is 5.32 Å². The maximum absolute atomic E-state index is 11.9. The van der Waals surface area contributed by atoms with Gasteiger partial charge in [-0.15, -0.1) is 0 Å². The number of aliphatic carboxylic acids is 1. The third kappa shape index (κ3) is 2.60. The fraction of sp³-hybridized carbons (Fsp3) is 0.833. The molecule has 1 fully saturated rings. The Morgan fingerprint density at radius 2 is 2.18 bits per heavy atom. The molecule has 98 valence electrons. The molecule has 3 unspecified atom stereocenters. The highest BCUT2D eigenvalue weighted by Crippen LogP contribution is 2.38. The average Bonchev–Trinajstić information content (AvgIpc) is 2.61. The summed E-state index contributed by atoms with van der Waals surface area (Å²) in [7, 11) is 0. The van der Waals surface area contributed by atoms with Crippen molar-refractivity contribution in [2.45, 2.75) is 58.0 Å². The van der Waals surface area contributed by atoms with Crippen molar-refractivity contribution in [3.05, 3.63) is 0 Å². The number of carbonyl (C=O) groups is 2. The lowest BCUT2D eigenvalue weighted by Crippen LogP contribution is -2.57. The van der Waals surface area contributed by atoms with E-state index in [4.69, 9.17) is 5.73 Å². The van der Waals surface area contributed by atoms with Gasteiger partial charge in [-0.25, -0.2) is 0 Å². The first-order valence-electron chi connectivity index (χ1n) is 6.07. The van der Waals surface area contributed by atoms with Crippen LogP contribution in [0.3, 0.4) is 0 Å². The highest BCUT2D eigenvalue weighted by atomic mass is 16.4. The Morgan fingerprint density at radius 3 is 2.65 bits per heavy atom. The molecule has 0 aromatic rings. The third-order valence-electron chi connectivity index (χ3n) is 4.01. The van der Waals surface area contributed by atoms with E-state index in [0.717, 1.165) is 6.42 Å². The average molecular weight is 242 g/mol. The number of hydrogen-bond donors (Lipinski definition) is 3. The fourth-order valence-electron chi connectivity index (χ4n) is 2.14. The van der Waals surface area contributed by atoms with Crippen molar-refractivity contribution >= 4 is 11.9 Å². The van der Waals surface area contributed by atoms with Crippen molar-refractivity contribution in [3.8, 4) is 0 Å². The molecule has 0 aliphatic heterocycles. The Bertz CT molecular complexity index is 328. The minimum atomic E-state index is -0.929. The second-order valence-corrected chi connectivity index (χ2v) is 5.41. The van der Waals surface area contributed by atoms with Gasteiger partial charge in [-0.2, -0.15) is 0 Å². The van der Waals surface area contributed by atoms with Crippen molar-refractivity contribution in [2.75, 3.05) is 0 Å². The predicted molar refractivity (Wildman–Crippen MR) is 64.4 cm³/mol. The quantitative estimate of drug-likeness (QED) is 0.682. The second-order valence-electron chi connectivity index (χ2n) is 5.41. The van der Waals surface area contributed by atoms with Crippen LogP contribution in [0.5, 0.6) is 0 Å². The molecule has 3 atom stereocenters. The minimum absolute atomic E-state index is 0.264. The monoisotopic (exact) mass is 242 g/mol. The number of nitrogens with one attached hydrogen (secondary N) is 1. The molecule has 1 aliphatic carbocycles. The predicted octanol–water partition coefficient (Wildman–Crippen LogP) is 0.873. The van der Waals surface area contributed by atoms with Gasteiger partial charge in [0.1, 0.15) is 0 Å². The zero-order valence-electron chi connectivity index (χ0n) is 10.7. The van der Waals surface area contributed by atoms with E-state index in [0.29, 0.717) is 19.3 Å². The van der Waals surface area contributed by atoms with Gasteiger partial charge in [-0.3, -0.25) is 9.59 Å². The van der Waals surface area contributed by atoms with E-state index in [1.165, 1.54) is 0 Å². The summed E-state index contributed by atoms with van der Waals surface area (Å²) in [5.74, 6) is -1.12. The molecule has 0 heterocycles. The van der Waals surface area contributed by atoms with Crippen molar-refractivity contribution in [3.63, 3.8) is 0 Å². The highest BCUT2D eigenvalue weighted by molar-refractivity contribution is 5.87. The molecule has 0 spiro atoms. The second kappa shape index (κ2) is 4.64. The van der Waals surface area contributed by atoms with Gasteiger partial charge >= 0.3 is 5.97 Å². The molecule has 5 nitrogen and oxygen atoms in total. The SMILES string of the molecule is CCC(C)(N)C(=O)NC1CCCC1(C)C(=O)O. The first-order valence-corrected chi connectivity index (χ1v) is 6.07. The largest absolute Gasteiger partial charge is 0.481 e. The molecule has 1 saturated carbocycles. The lowest BCUT2D eigenvalue weighted by atomic mass is 9.84. The van der Waals surface area contributed by atoms with E-state index in [1.807, 2.05) is 6.92 Å². The van der Waals surface area contributed by atoms with Gasteiger partial charge in [-0.1, -0.05) is 13.3 Å². The smallest absolute Gasteiger partial charge is 0.311 e. The number of hydrogen-bond acceptors (Lipinski definition) is 3. The van der Waals surface area contributed by atoms with Crippen LogP contribution in [-0.4, -0.2) is 28.6 Å². The zero-order valence-corrected chi connectivity index (χ0v) is 10.7. The molecule has 1 aliphatic rings. The first kappa shape index (κ1) is 14.0. The number of carboxylic acid groups (broad SMARTS) is 1. The van der Waals surface area contributed by atoms with Gasteiger partial charge in [0.2, 0.25) is 5.91 Å². The summed E-state index contributed by atoms with van der Waals surface area (Å²) < 4.78 is 0. The van der Waals surface area contributed by atoms with E-state index in [2.05, 4.69) is 5.32 Å². The Morgan fingerprint density at radius 1 is 1.59 bits per heavy atom. The van der Waals surface area contributed by atoms with Crippen LogP contribution < -0.4 is 11.1 Å². The lowest BCUT2D eigenvalue weighted by Gasteiger charge is -2.31. The lowest BCUT2D eigenvalue weighted by molar-refractivity contribution is -0.149. The van der Waals surface area contributed by atoms with E-state index in [-0.39, 0.29) is 11.9 Å². The summed E-state index contributed by atoms with van der Waals surface area (Å²) in [5, 5.41) is 12.0.